The van der Waals surface area contributed by atoms with Crippen LogP contribution in [0.2, 0.25) is 0 Å². The van der Waals surface area contributed by atoms with Crippen LogP contribution in [0, 0.1) is 0 Å². The van der Waals surface area contributed by atoms with Crippen molar-refractivity contribution in [2.75, 3.05) is 6.61 Å². The van der Waals surface area contributed by atoms with E-state index in [1.807, 2.05) is 0 Å². The van der Waals surface area contributed by atoms with Crippen molar-refractivity contribution in [2.24, 2.45) is 0 Å². The molecule has 0 heterocycles. The molecule has 2 N–H and O–H groups in total. The van der Waals surface area contributed by atoms with Crippen molar-refractivity contribution in [2.45, 2.75) is 18.9 Å². The monoisotopic (exact) mass is 297 g/mol. The van der Waals surface area contributed by atoms with Crippen LogP contribution in [0.1, 0.15) is 41.2 Å². The summed E-state index contributed by atoms with van der Waals surface area (Å²) in [7, 11) is 0. The van der Waals surface area contributed by atoms with Crippen LogP contribution in [0.3, 0.4) is 0 Å². The lowest BCUT2D eigenvalue weighted by atomic mass is 9.87. The van der Waals surface area contributed by atoms with Gasteiger partial charge in [-0.2, -0.15) is 0 Å². The molecule has 0 bridgehead atoms. The van der Waals surface area contributed by atoms with Crippen LogP contribution in [0.25, 0.3) is 0 Å². The first-order valence-electron chi connectivity index (χ1n) is 6.94. The Balaban J connectivity index is 2.35. The van der Waals surface area contributed by atoms with Gasteiger partial charge in [-0.1, -0.05) is 48.5 Å². The van der Waals surface area contributed by atoms with Gasteiger partial charge >= 0.3 is 0 Å². The zero-order valence-corrected chi connectivity index (χ0v) is 12.2. The van der Waals surface area contributed by atoms with Crippen LogP contribution in [0.15, 0.2) is 48.5 Å². The number of aliphatic hydroxyl groups excluding tert-OH is 2. The minimum Gasteiger partial charge on any atom is -0.393 e. The number of rotatable bonds is 6. The number of carbonyl (C=O) groups is 1. The molecule has 2 aromatic rings. The SMILES string of the molecule is CC(=O)C(c1ccc([C]=O)cc1)c1ccc([C@H](O)CO)cc1. The van der Waals surface area contributed by atoms with Crippen molar-refractivity contribution in [1.82, 2.24) is 0 Å². The molecule has 0 spiro atoms. The lowest BCUT2D eigenvalue weighted by molar-refractivity contribution is -0.117. The average molecular weight is 297 g/mol. The molecule has 4 heteroatoms. The molecule has 2 atom stereocenters. The normalized spacial score (nSPS) is 13.4. The van der Waals surface area contributed by atoms with E-state index in [1.54, 1.807) is 54.8 Å². The standard InChI is InChI=1S/C18H17O4/c1-12(21)18(15-4-2-13(10-19)3-5-15)16-8-6-14(7-9-16)17(22)11-20/h2-9,17-18,20,22H,11H2,1H3/t17-,18?/m1/s1. The predicted molar refractivity (Wildman–Crippen MR) is 82.2 cm³/mol. The fourth-order valence-electron chi connectivity index (χ4n) is 2.42. The second-order valence-electron chi connectivity index (χ2n) is 5.13. The lowest BCUT2D eigenvalue weighted by Gasteiger charge is -2.16. The van der Waals surface area contributed by atoms with E-state index in [4.69, 9.17) is 5.11 Å². The molecule has 0 aliphatic rings. The maximum absolute atomic E-state index is 12.0. The van der Waals surface area contributed by atoms with E-state index in [0.29, 0.717) is 11.1 Å². The third kappa shape index (κ3) is 3.47. The van der Waals surface area contributed by atoms with Gasteiger partial charge in [0.1, 0.15) is 11.9 Å². The number of Topliss-reactive ketones (excluding diaryl/α,β-unsaturated/α-hetero) is 1. The summed E-state index contributed by atoms with van der Waals surface area (Å²) in [4.78, 5) is 22.6. The number of aliphatic hydroxyl groups is 2. The Hall–Kier alpha value is -2.30. The molecular formula is C18H17O4. The van der Waals surface area contributed by atoms with E-state index >= 15 is 0 Å². The van der Waals surface area contributed by atoms with Crippen molar-refractivity contribution in [3.8, 4) is 0 Å². The topological polar surface area (TPSA) is 74.6 Å². The number of benzene rings is 2. The molecule has 113 valence electrons. The van der Waals surface area contributed by atoms with E-state index in [9.17, 15) is 14.7 Å². The van der Waals surface area contributed by atoms with Gasteiger partial charge in [-0.05, 0) is 23.6 Å². The van der Waals surface area contributed by atoms with Gasteiger partial charge < -0.3 is 10.2 Å². The lowest BCUT2D eigenvalue weighted by Crippen LogP contribution is -2.11. The molecule has 22 heavy (non-hydrogen) atoms. The third-order valence-electron chi connectivity index (χ3n) is 3.60. The fraction of sp³-hybridized carbons (Fsp3) is 0.222. The van der Waals surface area contributed by atoms with E-state index in [-0.39, 0.29) is 12.4 Å². The zero-order valence-electron chi connectivity index (χ0n) is 12.2. The summed E-state index contributed by atoms with van der Waals surface area (Å²) in [6, 6.07) is 13.6. The molecule has 1 radical (unpaired) electrons. The van der Waals surface area contributed by atoms with E-state index in [2.05, 4.69) is 0 Å². The van der Waals surface area contributed by atoms with Crippen molar-refractivity contribution in [3.05, 3.63) is 70.8 Å². The third-order valence-corrected chi connectivity index (χ3v) is 3.60. The van der Waals surface area contributed by atoms with Crippen LogP contribution in [-0.4, -0.2) is 28.9 Å². The Bertz CT molecular complexity index is 644. The first-order valence-corrected chi connectivity index (χ1v) is 6.94. The summed E-state index contributed by atoms with van der Waals surface area (Å²) in [5, 5.41) is 18.5. The van der Waals surface area contributed by atoms with Gasteiger partial charge in [-0.25, -0.2) is 0 Å². The van der Waals surface area contributed by atoms with Crippen molar-refractivity contribution in [3.63, 3.8) is 0 Å². The summed E-state index contributed by atoms with van der Waals surface area (Å²) in [6.45, 7) is 1.17. The quantitative estimate of drug-likeness (QED) is 0.854. The molecule has 1 unspecified atom stereocenters. The Morgan fingerprint density at radius 3 is 1.86 bits per heavy atom. The summed E-state index contributed by atoms with van der Waals surface area (Å²) in [5.41, 5.74) is 2.62. The van der Waals surface area contributed by atoms with Crippen molar-refractivity contribution < 1.29 is 19.8 Å². The Morgan fingerprint density at radius 2 is 1.45 bits per heavy atom. The summed E-state index contributed by atoms with van der Waals surface area (Å²) in [6.07, 6.45) is 0.878. The second-order valence-corrected chi connectivity index (χ2v) is 5.13. The van der Waals surface area contributed by atoms with Crippen molar-refractivity contribution in [1.29, 1.82) is 0 Å². The van der Waals surface area contributed by atoms with Crippen molar-refractivity contribution >= 4 is 12.1 Å². The van der Waals surface area contributed by atoms with Gasteiger partial charge in [0.2, 0.25) is 6.29 Å². The molecule has 4 nitrogen and oxygen atoms in total. The molecule has 2 rings (SSSR count). The average Bonchev–Trinajstić information content (AvgIpc) is 2.55. The molecule has 0 saturated carbocycles. The minimum absolute atomic E-state index is 0.0155. The van der Waals surface area contributed by atoms with E-state index in [1.165, 1.54) is 6.92 Å². The summed E-state index contributed by atoms with van der Waals surface area (Å²) in [5.74, 6) is -0.445. The van der Waals surface area contributed by atoms with Crippen LogP contribution in [-0.2, 0) is 9.59 Å². The van der Waals surface area contributed by atoms with E-state index < -0.39 is 12.0 Å². The number of hydrogen-bond acceptors (Lipinski definition) is 4. The smallest absolute Gasteiger partial charge is 0.233 e. The highest BCUT2D eigenvalue weighted by Crippen LogP contribution is 2.27. The van der Waals surface area contributed by atoms with Gasteiger partial charge in [0.05, 0.1) is 12.5 Å². The van der Waals surface area contributed by atoms with Crippen LogP contribution < -0.4 is 0 Å². The zero-order chi connectivity index (χ0) is 16.1. The molecule has 2 aromatic carbocycles. The molecular weight excluding hydrogens is 280 g/mol. The van der Waals surface area contributed by atoms with Crippen LogP contribution in [0.4, 0.5) is 0 Å². The van der Waals surface area contributed by atoms with Crippen LogP contribution >= 0.6 is 0 Å². The summed E-state index contributed by atoms with van der Waals surface area (Å²) < 4.78 is 0. The highest BCUT2D eigenvalue weighted by atomic mass is 16.3. The molecule has 0 aliphatic carbocycles. The Kier molecular flexibility index (Phi) is 5.20. The van der Waals surface area contributed by atoms with Gasteiger partial charge in [0, 0.05) is 5.56 Å². The number of carbonyl (C=O) groups excluding carboxylic acids is 2. The van der Waals surface area contributed by atoms with Gasteiger partial charge in [-0.15, -0.1) is 0 Å². The Labute approximate surface area is 129 Å². The van der Waals surface area contributed by atoms with E-state index in [0.717, 1.165) is 11.1 Å². The highest BCUT2D eigenvalue weighted by Gasteiger charge is 2.19. The molecule has 0 amide bonds. The first-order chi connectivity index (χ1) is 10.6. The molecule has 0 aromatic heterocycles. The minimum atomic E-state index is -0.924. The first kappa shape index (κ1) is 16.1. The van der Waals surface area contributed by atoms with Gasteiger partial charge in [0.15, 0.2) is 0 Å². The van der Waals surface area contributed by atoms with Crippen LogP contribution in [0.5, 0.6) is 0 Å². The largest absolute Gasteiger partial charge is 0.393 e. The molecule has 0 fully saturated rings. The molecule has 0 saturated heterocycles. The maximum Gasteiger partial charge on any atom is 0.233 e. The number of ketones is 1. The fourth-order valence-corrected chi connectivity index (χ4v) is 2.42. The maximum atomic E-state index is 12.0. The van der Waals surface area contributed by atoms with Gasteiger partial charge in [-0.3, -0.25) is 9.59 Å². The number of hydrogen-bond donors (Lipinski definition) is 2. The molecule has 0 aliphatic heterocycles. The second kappa shape index (κ2) is 7.11. The van der Waals surface area contributed by atoms with Gasteiger partial charge in [0.25, 0.3) is 0 Å². The predicted octanol–water partition coefficient (Wildman–Crippen LogP) is 1.89. The highest BCUT2D eigenvalue weighted by molar-refractivity contribution is 5.87. The summed E-state index contributed by atoms with van der Waals surface area (Å²) >= 11 is 0. The Morgan fingerprint density at radius 1 is 1.00 bits per heavy atom.